The molecule has 0 spiro atoms. The zero-order valence-corrected chi connectivity index (χ0v) is 16.1. The number of carbonyl (C=O) groups is 2. The summed E-state index contributed by atoms with van der Waals surface area (Å²) in [7, 11) is 1.91. The van der Waals surface area contributed by atoms with Crippen LogP contribution in [-0.2, 0) is 14.3 Å². The Kier molecular flexibility index (Phi) is 7.91. The highest BCUT2D eigenvalue weighted by atomic mass is 16.5. The number of carbonyl (C=O) groups excluding carboxylic acids is 2. The van der Waals surface area contributed by atoms with E-state index in [-0.39, 0.29) is 17.8 Å². The summed E-state index contributed by atoms with van der Waals surface area (Å²) in [4.78, 5) is 28.1. The van der Waals surface area contributed by atoms with Crippen molar-refractivity contribution in [3.05, 3.63) is 29.8 Å². The van der Waals surface area contributed by atoms with Gasteiger partial charge in [-0.05, 0) is 45.9 Å². The van der Waals surface area contributed by atoms with Gasteiger partial charge in [-0.2, -0.15) is 0 Å². The predicted octanol–water partition coefficient (Wildman–Crippen LogP) is 2.11. The first-order valence-electron chi connectivity index (χ1n) is 9.32. The van der Waals surface area contributed by atoms with Crippen LogP contribution in [0.15, 0.2) is 24.3 Å². The molecule has 0 bridgehead atoms. The number of rotatable bonds is 8. The first kappa shape index (κ1) is 20.2. The quantitative estimate of drug-likeness (QED) is 0.663. The molecule has 0 N–H and O–H groups in total. The molecule has 1 fully saturated rings. The minimum Gasteiger partial charge on any atom is -0.492 e. The molecule has 1 heterocycles. The topological polar surface area (TPSA) is 59.1 Å². The fourth-order valence-electron chi connectivity index (χ4n) is 3.02. The smallest absolute Gasteiger partial charge is 0.310 e. The second kappa shape index (κ2) is 10.2. The highest BCUT2D eigenvalue weighted by Gasteiger charge is 2.29. The third-order valence-electron chi connectivity index (χ3n) is 4.56. The number of aryl methyl sites for hydroxylation is 1. The minimum absolute atomic E-state index is 0.0526. The van der Waals surface area contributed by atoms with Crippen molar-refractivity contribution in [3.8, 4) is 5.75 Å². The molecule has 1 amide bonds. The van der Waals surface area contributed by atoms with Crippen LogP contribution in [-0.4, -0.2) is 68.1 Å². The Labute approximate surface area is 156 Å². The van der Waals surface area contributed by atoms with Gasteiger partial charge in [-0.25, -0.2) is 0 Å². The van der Waals surface area contributed by atoms with Gasteiger partial charge in [-0.3, -0.25) is 14.5 Å². The molecule has 1 aliphatic rings. The van der Waals surface area contributed by atoms with Gasteiger partial charge in [0, 0.05) is 19.6 Å². The Morgan fingerprint density at radius 2 is 2.00 bits per heavy atom. The van der Waals surface area contributed by atoms with Crippen molar-refractivity contribution in [2.45, 2.75) is 26.7 Å². The Morgan fingerprint density at radius 3 is 2.69 bits per heavy atom. The number of amides is 1. The number of hydrogen-bond donors (Lipinski definition) is 0. The average molecular weight is 362 g/mol. The lowest BCUT2D eigenvalue weighted by Crippen LogP contribution is -2.46. The zero-order valence-electron chi connectivity index (χ0n) is 16.1. The number of likely N-dealkylation sites (N-methyl/N-ethyl adjacent to an activating group) is 1. The van der Waals surface area contributed by atoms with Crippen LogP contribution in [0.4, 0.5) is 0 Å². The number of nitrogens with zero attached hydrogens (tertiary/aromatic N) is 2. The van der Waals surface area contributed by atoms with E-state index in [2.05, 4.69) is 0 Å². The summed E-state index contributed by atoms with van der Waals surface area (Å²) < 4.78 is 10.8. The lowest BCUT2D eigenvalue weighted by molar-refractivity contribution is -0.151. The van der Waals surface area contributed by atoms with Crippen LogP contribution in [0.1, 0.15) is 25.3 Å². The van der Waals surface area contributed by atoms with Crippen molar-refractivity contribution in [2.75, 3.05) is 46.4 Å². The largest absolute Gasteiger partial charge is 0.492 e. The van der Waals surface area contributed by atoms with E-state index in [9.17, 15) is 9.59 Å². The van der Waals surface area contributed by atoms with Gasteiger partial charge in [-0.1, -0.05) is 17.7 Å². The maximum absolute atomic E-state index is 12.5. The van der Waals surface area contributed by atoms with Crippen molar-refractivity contribution < 1.29 is 19.1 Å². The SMILES string of the molecule is CCOC(=O)C1CCCN(C(=O)CN(C)CCOc2ccc(C)cc2)C1. The predicted molar refractivity (Wildman–Crippen MR) is 100 cm³/mol. The van der Waals surface area contributed by atoms with E-state index in [0.29, 0.717) is 39.4 Å². The van der Waals surface area contributed by atoms with Gasteiger partial charge in [0.1, 0.15) is 12.4 Å². The molecule has 0 saturated carbocycles. The molecule has 6 nitrogen and oxygen atoms in total. The summed E-state index contributed by atoms with van der Waals surface area (Å²) >= 11 is 0. The summed E-state index contributed by atoms with van der Waals surface area (Å²) in [6, 6.07) is 7.92. The molecule has 1 atom stereocenters. The number of likely N-dealkylation sites (tertiary alicyclic amines) is 1. The van der Waals surface area contributed by atoms with E-state index in [4.69, 9.17) is 9.47 Å². The fraction of sp³-hybridized carbons (Fsp3) is 0.600. The van der Waals surface area contributed by atoms with E-state index in [1.54, 1.807) is 11.8 Å². The molecular weight excluding hydrogens is 332 g/mol. The van der Waals surface area contributed by atoms with Gasteiger partial charge in [0.2, 0.25) is 5.91 Å². The van der Waals surface area contributed by atoms with Crippen LogP contribution in [0.25, 0.3) is 0 Å². The number of ether oxygens (including phenoxy) is 2. The van der Waals surface area contributed by atoms with Crippen molar-refractivity contribution >= 4 is 11.9 Å². The molecular formula is C20H30N2O4. The van der Waals surface area contributed by atoms with Crippen LogP contribution in [0.3, 0.4) is 0 Å². The highest BCUT2D eigenvalue weighted by molar-refractivity contribution is 5.80. The van der Waals surface area contributed by atoms with Crippen LogP contribution < -0.4 is 4.74 Å². The number of esters is 1. The first-order valence-corrected chi connectivity index (χ1v) is 9.32. The standard InChI is InChI=1S/C20H30N2O4/c1-4-25-20(24)17-6-5-11-22(14-17)19(23)15-21(3)12-13-26-18-9-7-16(2)8-10-18/h7-10,17H,4-6,11-15H2,1-3H3. The molecule has 1 saturated heterocycles. The number of hydrogen-bond acceptors (Lipinski definition) is 5. The maximum atomic E-state index is 12.5. The molecule has 1 aromatic rings. The third-order valence-corrected chi connectivity index (χ3v) is 4.56. The zero-order chi connectivity index (χ0) is 18.9. The van der Waals surface area contributed by atoms with Gasteiger partial charge >= 0.3 is 5.97 Å². The second-order valence-corrected chi connectivity index (χ2v) is 6.83. The van der Waals surface area contributed by atoms with Gasteiger partial charge in [-0.15, -0.1) is 0 Å². The van der Waals surface area contributed by atoms with Crippen LogP contribution >= 0.6 is 0 Å². The summed E-state index contributed by atoms with van der Waals surface area (Å²) in [6.45, 7) is 6.91. The molecule has 0 aromatic heterocycles. The molecule has 2 rings (SSSR count). The fourth-order valence-corrected chi connectivity index (χ4v) is 3.02. The van der Waals surface area contributed by atoms with Crippen molar-refractivity contribution in [2.24, 2.45) is 5.92 Å². The van der Waals surface area contributed by atoms with Crippen molar-refractivity contribution in [1.82, 2.24) is 9.80 Å². The van der Waals surface area contributed by atoms with E-state index < -0.39 is 0 Å². The molecule has 1 aromatic carbocycles. The Bertz CT molecular complexity index is 588. The van der Waals surface area contributed by atoms with E-state index in [0.717, 1.165) is 18.6 Å². The molecule has 1 unspecified atom stereocenters. The van der Waals surface area contributed by atoms with Gasteiger partial charge in [0.25, 0.3) is 0 Å². The highest BCUT2D eigenvalue weighted by Crippen LogP contribution is 2.18. The van der Waals surface area contributed by atoms with Crippen molar-refractivity contribution in [3.63, 3.8) is 0 Å². The van der Waals surface area contributed by atoms with E-state index in [1.165, 1.54) is 5.56 Å². The molecule has 26 heavy (non-hydrogen) atoms. The average Bonchev–Trinajstić information content (AvgIpc) is 2.63. The maximum Gasteiger partial charge on any atom is 0.310 e. The van der Waals surface area contributed by atoms with Gasteiger partial charge in [0.05, 0.1) is 19.1 Å². The molecule has 144 valence electrons. The molecule has 6 heteroatoms. The van der Waals surface area contributed by atoms with Crippen LogP contribution in [0, 0.1) is 12.8 Å². The van der Waals surface area contributed by atoms with Gasteiger partial charge in [0.15, 0.2) is 0 Å². The molecule has 0 radical (unpaired) electrons. The lowest BCUT2D eigenvalue weighted by atomic mass is 9.98. The lowest BCUT2D eigenvalue weighted by Gasteiger charge is -2.32. The van der Waals surface area contributed by atoms with Crippen LogP contribution in [0.2, 0.25) is 0 Å². The summed E-state index contributed by atoms with van der Waals surface area (Å²) in [5.41, 5.74) is 1.20. The van der Waals surface area contributed by atoms with E-state index >= 15 is 0 Å². The monoisotopic (exact) mass is 362 g/mol. The summed E-state index contributed by atoms with van der Waals surface area (Å²) in [6.07, 6.45) is 1.64. The van der Waals surface area contributed by atoms with Crippen molar-refractivity contribution in [1.29, 1.82) is 0 Å². The van der Waals surface area contributed by atoms with E-state index in [1.807, 2.05) is 43.1 Å². The minimum atomic E-state index is -0.192. The Balaban J connectivity index is 1.72. The number of piperidine rings is 1. The molecule has 0 aliphatic carbocycles. The second-order valence-electron chi connectivity index (χ2n) is 6.83. The van der Waals surface area contributed by atoms with Crippen LogP contribution in [0.5, 0.6) is 5.75 Å². The molecule has 1 aliphatic heterocycles. The van der Waals surface area contributed by atoms with Gasteiger partial charge < -0.3 is 14.4 Å². The normalized spacial score (nSPS) is 17.2. The third kappa shape index (κ3) is 6.33. The Hall–Kier alpha value is -2.08. The first-order chi connectivity index (χ1) is 12.5. The Morgan fingerprint density at radius 1 is 1.27 bits per heavy atom. The summed E-state index contributed by atoms with van der Waals surface area (Å²) in [5, 5.41) is 0. The summed E-state index contributed by atoms with van der Waals surface area (Å²) in [5.74, 6) is 0.508. The number of benzene rings is 1.